The van der Waals surface area contributed by atoms with Gasteiger partial charge >= 0.3 is 0 Å². The maximum atomic E-state index is 5.19. The fraction of sp³-hybridized carbons (Fsp3) is 0.231. The summed E-state index contributed by atoms with van der Waals surface area (Å²) in [7, 11) is 1.68. The van der Waals surface area contributed by atoms with Gasteiger partial charge in [0.1, 0.15) is 11.6 Å². The lowest BCUT2D eigenvalue weighted by Gasteiger charge is -2.04. The van der Waals surface area contributed by atoms with Crippen LogP contribution in [0.25, 0.3) is 0 Å². The SMILES string of the molecule is COc1cccc(CCc2ncc(I)cn2)c1. The molecule has 0 aliphatic rings. The standard InChI is InChI=1S/C13H13IN2O/c1-17-12-4-2-3-10(7-12)5-6-13-15-8-11(14)9-16-13/h2-4,7-9H,5-6H2,1H3. The first-order valence-electron chi connectivity index (χ1n) is 5.37. The molecule has 1 heterocycles. The Labute approximate surface area is 114 Å². The van der Waals surface area contributed by atoms with Gasteiger partial charge in [-0.05, 0) is 46.7 Å². The predicted octanol–water partition coefficient (Wildman–Crippen LogP) is 2.88. The second-order valence-electron chi connectivity index (χ2n) is 3.67. The van der Waals surface area contributed by atoms with E-state index in [2.05, 4.69) is 38.6 Å². The van der Waals surface area contributed by atoms with Gasteiger partial charge in [0.15, 0.2) is 0 Å². The summed E-state index contributed by atoms with van der Waals surface area (Å²) in [5, 5.41) is 0. The van der Waals surface area contributed by atoms with Crippen molar-refractivity contribution >= 4 is 22.6 Å². The number of hydrogen-bond acceptors (Lipinski definition) is 3. The van der Waals surface area contributed by atoms with Gasteiger partial charge in [-0.2, -0.15) is 0 Å². The molecule has 4 heteroatoms. The number of methoxy groups -OCH3 is 1. The highest BCUT2D eigenvalue weighted by Crippen LogP contribution is 2.14. The highest BCUT2D eigenvalue weighted by molar-refractivity contribution is 14.1. The Morgan fingerprint density at radius 2 is 1.94 bits per heavy atom. The van der Waals surface area contributed by atoms with Crippen LogP contribution in [0.4, 0.5) is 0 Å². The molecule has 0 bridgehead atoms. The largest absolute Gasteiger partial charge is 0.497 e. The van der Waals surface area contributed by atoms with Gasteiger partial charge in [0, 0.05) is 22.4 Å². The van der Waals surface area contributed by atoms with E-state index >= 15 is 0 Å². The molecule has 0 saturated heterocycles. The van der Waals surface area contributed by atoms with Gasteiger partial charge in [0.2, 0.25) is 0 Å². The van der Waals surface area contributed by atoms with Crippen molar-refractivity contribution in [2.24, 2.45) is 0 Å². The van der Waals surface area contributed by atoms with E-state index in [4.69, 9.17) is 4.74 Å². The lowest BCUT2D eigenvalue weighted by Crippen LogP contribution is -1.98. The molecule has 3 nitrogen and oxygen atoms in total. The maximum Gasteiger partial charge on any atom is 0.128 e. The van der Waals surface area contributed by atoms with E-state index in [1.165, 1.54) is 5.56 Å². The van der Waals surface area contributed by atoms with Crippen molar-refractivity contribution in [3.63, 3.8) is 0 Å². The Morgan fingerprint density at radius 3 is 2.65 bits per heavy atom. The normalized spacial score (nSPS) is 10.2. The number of rotatable bonds is 4. The molecule has 1 aromatic heterocycles. The summed E-state index contributed by atoms with van der Waals surface area (Å²) in [5.74, 6) is 1.78. The third-order valence-corrected chi connectivity index (χ3v) is 3.00. The van der Waals surface area contributed by atoms with E-state index in [1.807, 2.05) is 30.6 Å². The summed E-state index contributed by atoms with van der Waals surface area (Å²) < 4.78 is 6.25. The fourth-order valence-electron chi connectivity index (χ4n) is 1.55. The molecular formula is C13H13IN2O. The van der Waals surface area contributed by atoms with Crippen LogP contribution in [0, 0.1) is 3.57 Å². The number of benzene rings is 1. The van der Waals surface area contributed by atoms with Crippen LogP contribution in [0.15, 0.2) is 36.7 Å². The first-order chi connectivity index (χ1) is 8.28. The van der Waals surface area contributed by atoms with Gasteiger partial charge in [0.05, 0.1) is 7.11 Å². The number of aromatic nitrogens is 2. The van der Waals surface area contributed by atoms with Crippen LogP contribution in [0.5, 0.6) is 5.75 Å². The monoisotopic (exact) mass is 340 g/mol. The smallest absolute Gasteiger partial charge is 0.128 e. The zero-order valence-electron chi connectivity index (χ0n) is 9.56. The molecule has 0 amide bonds. The molecule has 0 spiro atoms. The minimum absolute atomic E-state index is 0.851. The van der Waals surface area contributed by atoms with Crippen LogP contribution in [-0.2, 0) is 12.8 Å². The molecule has 0 aliphatic carbocycles. The average Bonchev–Trinajstić information content (AvgIpc) is 2.38. The minimum atomic E-state index is 0.851. The minimum Gasteiger partial charge on any atom is -0.497 e. The molecule has 17 heavy (non-hydrogen) atoms. The van der Waals surface area contributed by atoms with Crippen molar-refractivity contribution in [2.75, 3.05) is 7.11 Å². The van der Waals surface area contributed by atoms with E-state index in [1.54, 1.807) is 7.11 Å². The summed E-state index contributed by atoms with van der Waals surface area (Å²) in [6.07, 6.45) is 5.46. The van der Waals surface area contributed by atoms with Crippen LogP contribution in [-0.4, -0.2) is 17.1 Å². The summed E-state index contributed by atoms with van der Waals surface area (Å²) in [4.78, 5) is 8.57. The first-order valence-corrected chi connectivity index (χ1v) is 6.45. The molecule has 0 unspecified atom stereocenters. The van der Waals surface area contributed by atoms with E-state index in [-0.39, 0.29) is 0 Å². The zero-order chi connectivity index (χ0) is 12.1. The Bertz CT molecular complexity index is 485. The maximum absolute atomic E-state index is 5.19. The summed E-state index contributed by atoms with van der Waals surface area (Å²) in [6, 6.07) is 8.09. The topological polar surface area (TPSA) is 35.0 Å². The quantitative estimate of drug-likeness (QED) is 0.803. The lowest BCUT2D eigenvalue weighted by atomic mass is 10.1. The Kier molecular flexibility index (Phi) is 4.30. The molecule has 0 aliphatic heterocycles. The van der Waals surface area contributed by atoms with Crippen molar-refractivity contribution in [1.29, 1.82) is 0 Å². The van der Waals surface area contributed by atoms with Crippen molar-refractivity contribution < 1.29 is 4.74 Å². The van der Waals surface area contributed by atoms with Crippen molar-refractivity contribution in [3.8, 4) is 5.75 Å². The molecule has 0 fully saturated rings. The molecule has 0 radical (unpaired) electrons. The molecule has 0 N–H and O–H groups in total. The molecule has 2 rings (SSSR count). The highest BCUT2D eigenvalue weighted by atomic mass is 127. The summed E-state index contributed by atoms with van der Waals surface area (Å²) in [5.41, 5.74) is 1.24. The fourth-order valence-corrected chi connectivity index (χ4v) is 1.83. The van der Waals surface area contributed by atoms with Gasteiger partial charge in [-0.15, -0.1) is 0 Å². The van der Waals surface area contributed by atoms with Crippen LogP contribution < -0.4 is 4.74 Å². The summed E-state index contributed by atoms with van der Waals surface area (Å²) in [6.45, 7) is 0. The zero-order valence-corrected chi connectivity index (χ0v) is 11.7. The number of nitrogens with zero attached hydrogens (tertiary/aromatic N) is 2. The highest BCUT2D eigenvalue weighted by Gasteiger charge is 2.00. The van der Waals surface area contributed by atoms with E-state index in [0.717, 1.165) is 28.0 Å². The molecular weight excluding hydrogens is 327 g/mol. The third-order valence-electron chi connectivity index (χ3n) is 2.45. The molecule has 0 saturated carbocycles. The van der Waals surface area contributed by atoms with Crippen molar-refractivity contribution in [3.05, 3.63) is 51.6 Å². The molecule has 0 atom stereocenters. The Hall–Kier alpha value is -1.17. The van der Waals surface area contributed by atoms with E-state index in [9.17, 15) is 0 Å². The van der Waals surface area contributed by atoms with Gasteiger partial charge in [-0.3, -0.25) is 0 Å². The van der Waals surface area contributed by atoms with Gasteiger partial charge in [0.25, 0.3) is 0 Å². The first kappa shape index (κ1) is 12.3. The number of ether oxygens (including phenoxy) is 1. The van der Waals surface area contributed by atoms with Crippen molar-refractivity contribution in [2.45, 2.75) is 12.8 Å². The Balaban J connectivity index is 1.99. The van der Waals surface area contributed by atoms with E-state index in [0.29, 0.717) is 0 Å². The molecule has 1 aromatic carbocycles. The average molecular weight is 340 g/mol. The number of hydrogen-bond donors (Lipinski definition) is 0. The molecule has 2 aromatic rings. The summed E-state index contributed by atoms with van der Waals surface area (Å²) >= 11 is 2.20. The van der Waals surface area contributed by atoms with Crippen LogP contribution >= 0.6 is 22.6 Å². The Morgan fingerprint density at radius 1 is 1.18 bits per heavy atom. The van der Waals surface area contributed by atoms with E-state index < -0.39 is 0 Å². The second-order valence-corrected chi connectivity index (χ2v) is 4.91. The predicted molar refractivity (Wildman–Crippen MR) is 75.2 cm³/mol. The third kappa shape index (κ3) is 3.66. The van der Waals surface area contributed by atoms with Crippen LogP contribution in [0.2, 0.25) is 0 Å². The van der Waals surface area contributed by atoms with Crippen LogP contribution in [0.1, 0.15) is 11.4 Å². The number of aryl methyl sites for hydroxylation is 2. The van der Waals surface area contributed by atoms with Gasteiger partial charge in [-0.25, -0.2) is 9.97 Å². The molecule has 88 valence electrons. The van der Waals surface area contributed by atoms with Crippen LogP contribution in [0.3, 0.4) is 0 Å². The second kappa shape index (κ2) is 5.95. The van der Waals surface area contributed by atoms with Gasteiger partial charge < -0.3 is 4.74 Å². The lowest BCUT2D eigenvalue weighted by molar-refractivity contribution is 0.414. The number of halogens is 1. The van der Waals surface area contributed by atoms with Crippen molar-refractivity contribution in [1.82, 2.24) is 9.97 Å². The van der Waals surface area contributed by atoms with Gasteiger partial charge in [-0.1, -0.05) is 12.1 Å².